The van der Waals surface area contributed by atoms with Crippen molar-refractivity contribution >= 4 is 99.6 Å². The topological polar surface area (TPSA) is 70.7 Å². The third-order valence-corrected chi connectivity index (χ3v) is 13.5. The Morgan fingerprint density at radius 2 is 0.815 bits per heavy atom. The quantitative estimate of drug-likeness (QED) is 0.177. The van der Waals surface area contributed by atoms with E-state index in [0.717, 1.165) is 139 Å². The van der Waals surface area contributed by atoms with Crippen LogP contribution in [0.2, 0.25) is 0 Å². The lowest BCUT2D eigenvalue weighted by Gasteiger charge is -2.10. The summed E-state index contributed by atoms with van der Waals surface area (Å²) >= 11 is 0. The van der Waals surface area contributed by atoms with Crippen LogP contribution < -0.4 is 0 Å². The lowest BCUT2D eigenvalue weighted by atomic mass is 9.94. The van der Waals surface area contributed by atoms with Crippen LogP contribution in [0.4, 0.5) is 0 Å². The van der Waals surface area contributed by atoms with Crippen LogP contribution in [0, 0.1) is 6.92 Å². The summed E-state index contributed by atoms with van der Waals surface area (Å²) in [5.74, 6) is 1.77. The minimum Gasteiger partial charge on any atom is -0.456 e. The summed E-state index contributed by atoms with van der Waals surface area (Å²) in [6.07, 6.45) is 0. The van der Waals surface area contributed by atoms with Gasteiger partial charge in [0.15, 0.2) is 0 Å². The Morgan fingerprint density at radius 1 is 0.354 bits per heavy atom. The van der Waals surface area contributed by atoms with Gasteiger partial charge in [-0.15, -0.1) is 0 Å². The predicted molar refractivity (Wildman–Crippen MR) is 263 cm³/mol. The molecule has 0 aliphatic carbocycles. The van der Waals surface area contributed by atoms with E-state index in [1.165, 1.54) is 0 Å². The van der Waals surface area contributed by atoms with Crippen LogP contribution in [-0.4, -0.2) is 27.9 Å². The monoisotopic (exact) mass is 834 g/mol. The van der Waals surface area contributed by atoms with Gasteiger partial charge in [0, 0.05) is 21.5 Å². The standard InChI is InChI=1S/C57H34N6O2/c1-33-27-55-43(42-31-38(23-26-54(42)65-55)61-49-18-7-9-20-51(49)63-47-16-5-3-14-45(47)59-57(61)63)32-39(33)36-12-10-11-34(28-36)35-21-24-52-40(29-35)41-30-37(22-25-53(41)64-52)60-48-17-6-8-19-50(48)62-46-15-4-2-13-44(46)58-56(60)62/h2-32H,1H3. The molecule has 0 aliphatic rings. The van der Waals surface area contributed by atoms with Crippen LogP contribution >= 0.6 is 0 Å². The molecule has 8 heteroatoms. The fourth-order valence-corrected chi connectivity index (χ4v) is 10.5. The first kappa shape index (κ1) is 34.7. The summed E-state index contributed by atoms with van der Waals surface area (Å²) in [6.45, 7) is 2.17. The Hall–Kier alpha value is -8.88. The molecule has 0 N–H and O–H groups in total. The van der Waals surface area contributed by atoms with Crippen molar-refractivity contribution in [1.82, 2.24) is 27.9 Å². The first-order valence-electron chi connectivity index (χ1n) is 21.9. The maximum atomic E-state index is 6.52. The fraction of sp³-hybridized carbons (Fsp3) is 0.0175. The van der Waals surface area contributed by atoms with Crippen LogP contribution in [0.25, 0.3) is 133 Å². The Morgan fingerprint density at radius 3 is 1.42 bits per heavy atom. The van der Waals surface area contributed by atoms with Crippen molar-refractivity contribution in [2.24, 2.45) is 0 Å². The Balaban J connectivity index is 0.846. The van der Waals surface area contributed by atoms with Crippen molar-refractivity contribution in [1.29, 1.82) is 0 Å². The molecule has 0 amide bonds. The van der Waals surface area contributed by atoms with E-state index in [4.69, 9.17) is 18.8 Å². The van der Waals surface area contributed by atoms with E-state index in [1.54, 1.807) is 0 Å². The fourth-order valence-electron chi connectivity index (χ4n) is 10.5. The molecule has 0 atom stereocenters. The Kier molecular flexibility index (Phi) is 6.73. The number of imidazole rings is 4. The van der Waals surface area contributed by atoms with Crippen molar-refractivity contribution in [3.63, 3.8) is 0 Å². The summed E-state index contributed by atoms with van der Waals surface area (Å²) in [6, 6.07) is 66.5. The number of rotatable bonds is 4. The number of nitrogens with zero attached hydrogens (tertiary/aromatic N) is 6. The van der Waals surface area contributed by atoms with E-state index in [-0.39, 0.29) is 0 Å². The first-order chi connectivity index (χ1) is 32.1. The third kappa shape index (κ3) is 4.79. The molecule has 9 aromatic carbocycles. The van der Waals surface area contributed by atoms with E-state index in [9.17, 15) is 0 Å². The van der Waals surface area contributed by atoms with E-state index >= 15 is 0 Å². The molecular weight excluding hydrogens is 801 g/mol. The number of furan rings is 2. The number of aromatic nitrogens is 6. The van der Waals surface area contributed by atoms with E-state index < -0.39 is 0 Å². The van der Waals surface area contributed by atoms with Gasteiger partial charge in [-0.3, -0.25) is 17.9 Å². The van der Waals surface area contributed by atoms with E-state index in [0.29, 0.717) is 0 Å². The molecule has 0 aliphatic heterocycles. The van der Waals surface area contributed by atoms with Gasteiger partial charge >= 0.3 is 0 Å². The molecule has 0 unspecified atom stereocenters. The van der Waals surface area contributed by atoms with Gasteiger partial charge in [0.1, 0.15) is 22.3 Å². The molecule has 6 heterocycles. The van der Waals surface area contributed by atoms with Crippen molar-refractivity contribution in [3.8, 4) is 33.6 Å². The van der Waals surface area contributed by atoms with Crippen LogP contribution in [0.1, 0.15) is 5.56 Å². The van der Waals surface area contributed by atoms with Crippen LogP contribution in [-0.2, 0) is 0 Å². The van der Waals surface area contributed by atoms with Gasteiger partial charge in [-0.2, -0.15) is 0 Å². The molecule has 304 valence electrons. The molecule has 0 spiro atoms. The normalized spacial score (nSPS) is 12.4. The molecule has 15 rings (SSSR count). The van der Waals surface area contributed by atoms with Crippen LogP contribution in [0.15, 0.2) is 197 Å². The zero-order valence-electron chi connectivity index (χ0n) is 34.9. The highest BCUT2D eigenvalue weighted by molar-refractivity contribution is 6.09. The minimum atomic E-state index is 0.850. The van der Waals surface area contributed by atoms with Crippen molar-refractivity contribution in [3.05, 3.63) is 194 Å². The van der Waals surface area contributed by atoms with E-state index in [2.05, 4.69) is 201 Å². The summed E-state index contributed by atoms with van der Waals surface area (Å²) in [4.78, 5) is 10.2. The first-order valence-corrected chi connectivity index (χ1v) is 21.9. The van der Waals surface area contributed by atoms with Gasteiger partial charge in [0.25, 0.3) is 0 Å². The number of para-hydroxylation sites is 8. The molecule has 6 aromatic heterocycles. The molecule has 0 saturated carbocycles. The molecule has 0 bridgehead atoms. The molecule has 8 nitrogen and oxygen atoms in total. The molecule has 15 aromatic rings. The lowest BCUT2D eigenvalue weighted by molar-refractivity contribution is 0.668. The number of benzene rings is 9. The molecule has 0 saturated heterocycles. The number of fused-ring (bicyclic) bond motifs is 16. The summed E-state index contributed by atoms with van der Waals surface area (Å²) < 4.78 is 22.0. The second-order valence-corrected chi connectivity index (χ2v) is 17.1. The number of hydrogen-bond donors (Lipinski definition) is 0. The van der Waals surface area contributed by atoms with Crippen LogP contribution in [0.3, 0.4) is 0 Å². The maximum absolute atomic E-state index is 6.52. The zero-order valence-corrected chi connectivity index (χ0v) is 34.9. The van der Waals surface area contributed by atoms with Gasteiger partial charge in [-0.05, 0) is 150 Å². The highest BCUT2D eigenvalue weighted by Gasteiger charge is 2.21. The minimum absolute atomic E-state index is 0.850. The Labute approximate surface area is 369 Å². The average Bonchev–Trinajstić information content (AvgIpc) is 4.19. The lowest BCUT2D eigenvalue weighted by Crippen LogP contribution is -1.94. The number of aryl methyl sites for hydroxylation is 1. The largest absolute Gasteiger partial charge is 0.456 e. The van der Waals surface area contributed by atoms with Crippen molar-refractivity contribution < 1.29 is 8.83 Å². The van der Waals surface area contributed by atoms with Gasteiger partial charge in [0.2, 0.25) is 11.6 Å². The van der Waals surface area contributed by atoms with Crippen molar-refractivity contribution in [2.75, 3.05) is 0 Å². The number of hydrogen-bond acceptors (Lipinski definition) is 4. The Bertz CT molecular complexity index is 4510. The van der Waals surface area contributed by atoms with Crippen LogP contribution in [0.5, 0.6) is 0 Å². The highest BCUT2D eigenvalue weighted by Crippen LogP contribution is 2.40. The van der Waals surface area contributed by atoms with Gasteiger partial charge in [-0.25, -0.2) is 9.97 Å². The zero-order chi connectivity index (χ0) is 42.5. The molecular formula is C57H34N6O2. The summed E-state index contributed by atoms with van der Waals surface area (Å²) in [7, 11) is 0. The predicted octanol–water partition coefficient (Wildman–Crippen LogP) is 14.6. The molecule has 0 radical (unpaired) electrons. The summed E-state index contributed by atoms with van der Waals surface area (Å²) in [5, 5.41) is 4.27. The smallest absolute Gasteiger partial charge is 0.220 e. The second kappa shape index (κ2) is 12.6. The highest BCUT2D eigenvalue weighted by atomic mass is 16.3. The van der Waals surface area contributed by atoms with Gasteiger partial charge in [0.05, 0.1) is 55.5 Å². The van der Waals surface area contributed by atoms with E-state index in [1.807, 2.05) is 12.1 Å². The SMILES string of the molecule is Cc1cc2oc3ccc(-n4c5ccccc5n5c6ccccc6nc45)cc3c2cc1-c1cccc(-c2ccc3oc4ccc(-n5c6ccccc6n6c7ccccc7nc56)cc4c3c2)c1. The maximum Gasteiger partial charge on any atom is 0.220 e. The summed E-state index contributed by atoms with van der Waals surface area (Å²) in [5.41, 5.74) is 19.8. The third-order valence-electron chi connectivity index (χ3n) is 13.5. The second-order valence-electron chi connectivity index (χ2n) is 17.1. The van der Waals surface area contributed by atoms with Crippen molar-refractivity contribution in [2.45, 2.75) is 6.92 Å². The molecule has 65 heavy (non-hydrogen) atoms. The molecule has 0 fully saturated rings. The van der Waals surface area contributed by atoms with Gasteiger partial charge in [-0.1, -0.05) is 72.8 Å². The average molecular weight is 835 g/mol. The van der Waals surface area contributed by atoms with Gasteiger partial charge < -0.3 is 8.83 Å².